The van der Waals surface area contributed by atoms with Gasteiger partial charge in [0, 0.05) is 13.7 Å². The zero-order valence-corrected chi connectivity index (χ0v) is 12.2. The highest BCUT2D eigenvalue weighted by Crippen LogP contribution is 1.98. The molecule has 0 aliphatic carbocycles. The van der Waals surface area contributed by atoms with Crippen molar-refractivity contribution in [2.75, 3.05) is 46.4 Å². The van der Waals surface area contributed by atoms with Gasteiger partial charge in [-0.1, -0.05) is 0 Å². The summed E-state index contributed by atoms with van der Waals surface area (Å²) in [4.78, 5) is 3.78. The lowest BCUT2D eigenvalue weighted by atomic mass is 10.3. The number of hydrogen-bond acceptors (Lipinski definition) is 3. The van der Waals surface area contributed by atoms with Gasteiger partial charge in [0.25, 0.3) is 0 Å². The minimum atomic E-state index is 0.684. The van der Waals surface area contributed by atoms with Gasteiger partial charge in [-0.15, -0.1) is 0 Å². The molecule has 1 aliphatic heterocycles. The van der Waals surface area contributed by atoms with Crippen molar-refractivity contribution < 1.29 is 14.1 Å². The molecule has 2 heterocycles. The molecule has 0 radical (unpaired) electrons. The van der Waals surface area contributed by atoms with E-state index in [2.05, 4.69) is 10.2 Å². The highest BCUT2D eigenvalue weighted by molar-refractivity contribution is 7.80. The Bertz CT molecular complexity index is 375. The van der Waals surface area contributed by atoms with Crippen LogP contribution in [0, 0.1) is 0 Å². The van der Waals surface area contributed by atoms with E-state index in [9.17, 15) is 0 Å². The quantitative estimate of drug-likeness (QED) is 0.564. The van der Waals surface area contributed by atoms with Crippen LogP contribution >= 0.6 is 12.2 Å². The number of piperazine rings is 1. The summed E-state index contributed by atoms with van der Waals surface area (Å²) >= 11 is 5.37. The second-order valence-corrected chi connectivity index (χ2v) is 5.10. The Kier molecular flexibility index (Phi) is 5.62. The van der Waals surface area contributed by atoms with Gasteiger partial charge in [-0.3, -0.25) is 0 Å². The summed E-state index contributed by atoms with van der Waals surface area (Å²) in [6.45, 7) is 6.59. The Morgan fingerprint density at radius 1 is 1.53 bits per heavy atom. The predicted molar refractivity (Wildman–Crippen MR) is 77.2 cm³/mol. The number of ether oxygens (including phenoxy) is 1. The van der Waals surface area contributed by atoms with Crippen LogP contribution in [-0.2, 0) is 11.3 Å². The molecular weight excluding hydrogens is 262 g/mol. The van der Waals surface area contributed by atoms with Crippen LogP contribution in [0.4, 0.5) is 0 Å². The molecular formula is C13H22N3O2S+. The smallest absolute Gasteiger partial charge is 0.169 e. The zero-order valence-electron chi connectivity index (χ0n) is 11.4. The Morgan fingerprint density at radius 3 is 2.95 bits per heavy atom. The van der Waals surface area contributed by atoms with Crippen LogP contribution < -0.4 is 10.2 Å². The lowest BCUT2D eigenvalue weighted by molar-refractivity contribution is -0.918. The number of hydrogen-bond donors (Lipinski definition) is 2. The summed E-state index contributed by atoms with van der Waals surface area (Å²) in [7, 11) is 1.70. The Morgan fingerprint density at radius 2 is 2.32 bits per heavy atom. The molecule has 0 unspecified atom stereocenters. The molecule has 1 aliphatic rings. The van der Waals surface area contributed by atoms with Crippen LogP contribution in [0.3, 0.4) is 0 Å². The molecule has 0 amide bonds. The largest absolute Gasteiger partial charge is 0.463 e. The van der Waals surface area contributed by atoms with Crippen molar-refractivity contribution in [2.45, 2.75) is 6.54 Å². The van der Waals surface area contributed by atoms with Crippen LogP contribution in [0.1, 0.15) is 5.76 Å². The Labute approximate surface area is 119 Å². The van der Waals surface area contributed by atoms with Gasteiger partial charge in [-0.05, 0) is 24.4 Å². The number of furan rings is 1. The first-order valence-electron chi connectivity index (χ1n) is 6.67. The third-order valence-electron chi connectivity index (χ3n) is 3.34. The van der Waals surface area contributed by atoms with Gasteiger partial charge in [-0.2, -0.15) is 0 Å². The van der Waals surface area contributed by atoms with Gasteiger partial charge in [0.1, 0.15) is 6.54 Å². The zero-order chi connectivity index (χ0) is 13.5. The van der Waals surface area contributed by atoms with Crippen molar-refractivity contribution in [2.24, 2.45) is 0 Å². The molecule has 2 rings (SSSR count). The predicted octanol–water partition coefficient (Wildman–Crippen LogP) is -0.499. The molecule has 1 aromatic heterocycles. The maximum atomic E-state index is 5.39. The number of nitrogens with zero attached hydrogens (tertiary/aromatic N) is 1. The normalized spacial score (nSPS) is 16.6. The molecule has 0 bridgehead atoms. The van der Waals surface area contributed by atoms with E-state index in [1.54, 1.807) is 18.3 Å². The molecule has 1 fully saturated rings. The van der Waals surface area contributed by atoms with Crippen molar-refractivity contribution in [3.05, 3.63) is 24.2 Å². The third-order valence-corrected chi connectivity index (χ3v) is 3.75. The molecule has 2 N–H and O–H groups in total. The van der Waals surface area contributed by atoms with Crippen LogP contribution in [-0.4, -0.2) is 56.5 Å². The first-order valence-corrected chi connectivity index (χ1v) is 7.08. The second kappa shape index (κ2) is 7.47. The van der Waals surface area contributed by atoms with Crippen molar-refractivity contribution in [3.8, 4) is 0 Å². The first kappa shape index (κ1) is 14.3. The maximum absolute atomic E-state index is 5.39. The number of nitrogens with one attached hydrogen (secondary N) is 2. The standard InChI is InChI=1S/C13H21N3O2S/c1-17-10-4-14-13(19)16-7-5-15(6-8-16)11-12-3-2-9-18-12/h2-3,9H,4-8,10-11H2,1H3,(H,14,19)/p+1. The van der Waals surface area contributed by atoms with Gasteiger partial charge < -0.3 is 24.3 Å². The SMILES string of the molecule is COCCNC(=S)N1CC[NH+](Cc2ccco2)CC1. The highest BCUT2D eigenvalue weighted by atomic mass is 32.1. The first-order chi connectivity index (χ1) is 9.29. The van der Waals surface area contributed by atoms with Crippen LogP contribution in [0.25, 0.3) is 0 Å². The van der Waals surface area contributed by atoms with Crippen molar-refractivity contribution in [1.82, 2.24) is 10.2 Å². The van der Waals surface area contributed by atoms with Gasteiger partial charge in [0.15, 0.2) is 10.9 Å². The van der Waals surface area contributed by atoms with E-state index in [4.69, 9.17) is 21.4 Å². The van der Waals surface area contributed by atoms with Gasteiger partial charge in [0.05, 0.1) is 39.0 Å². The molecule has 1 aromatic rings. The highest BCUT2D eigenvalue weighted by Gasteiger charge is 2.22. The molecule has 0 saturated carbocycles. The second-order valence-electron chi connectivity index (χ2n) is 4.72. The Balaban J connectivity index is 1.68. The lowest BCUT2D eigenvalue weighted by Gasteiger charge is -2.33. The summed E-state index contributed by atoms with van der Waals surface area (Å²) < 4.78 is 10.4. The summed E-state index contributed by atoms with van der Waals surface area (Å²) in [5.74, 6) is 1.06. The number of quaternary nitrogens is 1. The van der Waals surface area contributed by atoms with Crippen LogP contribution in [0.2, 0.25) is 0 Å². The average molecular weight is 284 g/mol. The molecule has 6 heteroatoms. The average Bonchev–Trinajstić information content (AvgIpc) is 2.93. The summed E-state index contributed by atoms with van der Waals surface area (Å²) in [6, 6.07) is 3.98. The van der Waals surface area contributed by atoms with E-state index < -0.39 is 0 Å². The summed E-state index contributed by atoms with van der Waals surface area (Å²) in [6.07, 6.45) is 1.74. The van der Waals surface area contributed by atoms with E-state index in [-0.39, 0.29) is 0 Å². The van der Waals surface area contributed by atoms with Gasteiger partial charge in [0.2, 0.25) is 0 Å². The fourth-order valence-electron chi connectivity index (χ4n) is 2.23. The third kappa shape index (κ3) is 4.49. The number of methoxy groups -OCH3 is 1. The minimum absolute atomic E-state index is 0.684. The van der Waals surface area contributed by atoms with E-state index in [0.29, 0.717) is 6.61 Å². The fourth-order valence-corrected chi connectivity index (χ4v) is 2.52. The molecule has 19 heavy (non-hydrogen) atoms. The Hall–Kier alpha value is -1.11. The monoisotopic (exact) mass is 284 g/mol. The van der Waals surface area contributed by atoms with E-state index in [1.165, 1.54) is 0 Å². The van der Waals surface area contributed by atoms with Crippen LogP contribution in [0.15, 0.2) is 22.8 Å². The maximum Gasteiger partial charge on any atom is 0.169 e. The van der Waals surface area contributed by atoms with Crippen molar-refractivity contribution in [1.29, 1.82) is 0 Å². The van der Waals surface area contributed by atoms with Gasteiger partial charge >= 0.3 is 0 Å². The molecule has 5 nitrogen and oxygen atoms in total. The van der Waals surface area contributed by atoms with Crippen molar-refractivity contribution >= 4 is 17.3 Å². The molecule has 1 saturated heterocycles. The number of thiocarbonyl (C=S) groups is 1. The lowest BCUT2D eigenvalue weighted by Crippen LogP contribution is -3.13. The van der Waals surface area contributed by atoms with Crippen molar-refractivity contribution in [3.63, 3.8) is 0 Å². The van der Waals surface area contributed by atoms with Gasteiger partial charge in [-0.25, -0.2) is 0 Å². The summed E-state index contributed by atoms with van der Waals surface area (Å²) in [5.41, 5.74) is 0. The molecule has 0 spiro atoms. The topological polar surface area (TPSA) is 42.1 Å². The molecule has 0 aromatic carbocycles. The van der Waals surface area contributed by atoms with E-state index >= 15 is 0 Å². The van der Waals surface area contributed by atoms with E-state index in [0.717, 1.165) is 50.1 Å². The van der Waals surface area contributed by atoms with Crippen LogP contribution in [0.5, 0.6) is 0 Å². The molecule has 106 valence electrons. The minimum Gasteiger partial charge on any atom is -0.463 e. The molecule has 0 atom stereocenters. The fraction of sp³-hybridized carbons (Fsp3) is 0.615. The summed E-state index contributed by atoms with van der Waals surface area (Å²) in [5, 5.41) is 4.06. The van der Waals surface area contributed by atoms with E-state index in [1.807, 2.05) is 12.1 Å². The number of rotatable bonds is 5.